The third kappa shape index (κ3) is 3.92. The smallest absolute Gasteiger partial charge is 0.258 e. The van der Waals surface area contributed by atoms with Gasteiger partial charge in [0.1, 0.15) is 11.6 Å². The van der Waals surface area contributed by atoms with Crippen LogP contribution in [0.4, 0.5) is 10.1 Å². The van der Waals surface area contributed by atoms with Crippen LogP contribution in [0.5, 0.6) is 5.75 Å². The molecule has 1 aromatic heterocycles. The van der Waals surface area contributed by atoms with E-state index >= 15 is 0 Å². The molecule has 0 radical (unpaired) electrons. The lowest BCUT2D eigenvalue weighted by molar-refractivity contribution is 0.102. The number of benzene rings is 2. The zero-order chi connectivity index (χ0) is 17.8. The first-order chi connectivity index (χ1) is 12.1. The third-order valence-corrected chi connectivity index (χ3v) is 3.64. The minimum absolute atomic E-state index is 0.252. The molecule has 2 aromatic carbocycles. The minimum Gasteiger partial charge on any atom is -0.495 e. The molecule has 1 amide bonds. The predicted molar refractivity (Wildman–Crippen MR) is 93.4 cm³/mol. The van der Waals surface area contributed by atoms with Crippen LogP contribution in [-0.2, 0) is 0 Å². The second-order valence-electron chi connectivity index (χ2n) is 5.10. The van der Waals surface area contributed by atoms with Gasteiger partial charge in [-0.05, 0) is 30.3 Å². The molecule has 7 heteroatoms. The van der Waals surface area contributed by atoms with Gasteiger partial charge in [0.2, 0.25) is 0 Å². The molecule has 0 bridgehead atoms. The first-order valence-corrected chi connectivity index (χ1v) is 7.67. The summed E-state index contributed by atoms with van der Waals surface area (Å²) in [6.07, 6.45) is 2.75. The number of hydrogen-bond acceptors (Lipinski definition) is 4. The molecule has 0 aliphatic heterocycles. The summed E-state index contributed by atoms with van der Waals surface area (Å²) in [6.45, 7) is 0. The standard InChI is InChI=1S/C18H13ClFN3O2/c1-25-16-6-5-13(19)8-15(16)23-18(24)12-9-21-17(22-10-12)11-3-2-4-14(20)7-11/h2-10H,1H3,(H,23,24). The Morgan fingerprint density at radius 1 is 1.16 bits per heavy atom. The zero-order valence-corrected chi connectivity index (χ0v) is 13.9. The maximum Gasteiger partial charge on any atom is 0.258 e. The summed E-state index contributed by atoms with van der Waals surface area (Å²) in [5.41, 5.74) is 1.22. The number of hydrogen-bond donors (Lipinski definition) is 1. The number of amides is 1. The number of rotatable bonds is 4. The summed E-state index contributed by atoms with van der Waals surface area (Å²) in [4.78, 5) is 20.6. The van der Waals surface area contributed by atoms with Crippen LogP contribution >= 0.6 is 11.6 Å². The number of halogens is 2. The first-order valence-electron chi connectivity index (χ1n) is 7.29. The highest BCUT2D eigenvalue weighted by molar-refractivity contribution is 6.31. The highest BCUT2D eigenvalue weighted by atomic mass is 35.5. The number of ether oxygens (including phenoxy) is 1. The summed E-state index contributed by atoms with van der Waals surface area (Å²) in [5, 5.41) is 3.17. The number of aromatic nitrogens is 2. The Labute approximate surface area is 148 Å². The lowest BCUT2D eigenvalue weighted by atomic mass is 10.2. The molecule has 3 rings (SSSR count). The summed E-state index contributed by atoms with van der Waals surface area (Å²) >= 11 is 5.94. The van der Waals surface area contributed by atoms with Crippen molar-refractivity contribution in [3.05, 3.63) is 71.3 Å². The van der Waals surface area contributed by atoms with Crippen LogP contribution in [0, 0.1) is 5.82 Å². The number of carbonyl (C=O) groups is 1. The van der Waals surface area contributed by atoms with Gasteiger partial charge in [-0.25, -0.2) is 14.4 Å². The molecule has 0 spiro atoms. The molecule has 0 saturated carbocycles. The molecular weight excluding hydrogens is 345 g/mol. The van der Waals surface area contributed by atoms with Crippen molar-refractivity contribution >= 4 is 23.2 Å². The molecule has 25 heavy (non-hydrogen) atoms. The highest BCUT2D eigenvalue weighted by Crippen LogP contribution is 2.28. The second-order valence-corrected chi connectivity index (χ2v) is 5.54. The minimum atomic E-state index is -0.411. The Kier molecular flexibility index (Phi) is 4.90. The van der Waals surface area contributed by atoms with Gasteiger partial charge in [-0.1, -0.05) is 23.7 Å². The Hall–Kier alpha value is -2.99. The second kappa shape index (κ2) is 7.27. The van der Waals surface area contributed by atoms with Gasteiger partial charge < -0.3 is 10.1 Å². The van der Waals surface area contributed by atoms with Gasteiger partial charge in [-0.15, -0.1) is 0 Å². The maximum atomic E-state index is 13.3. The Morgan fingerprint density at radius 3 is 2.60 bits per heavy atom. The monoisotopic (exact) mass is 357 g/mol. The molecule has 1 heterocycles. The molecule has 0 fully saturated rings. The van der Waals surface area contributed by atoms with E-state index < -0.39 is 5.91 Å². The molecule has 5 nitrogen and oxygen atoms in total. The van der Waals surface area contributed by atoms with E-state index in [2.05, 4.69) is 15.3 Å². The van der Waals surface area contributed by atoms with E-state index in [1.165, 1.54) is 31.6 Å². The van der Waals surface area contributed by atoms with Gasteiger partial charge >= 0.3 is 0 Å². The number of anilines is 1. The molecule has 0 saturated heterocycles. The van der Waals surface area contributed by atoms with Crippen LogP contribution in [0.15, 0.2) is 54.9 Å². The van der Waals surface area contributed by atoms with Gasteiger partial charge in [0.25, 0.3) is 5.91 Å². The van der Waals surface area contributed by atoms with E-state index in [4.69, 9.17) is 16.3 Å². The van der Waals surface area contributed by atoms with E-state index in [9.17, 15) is 9.18 Å². The molecule has 1 N–H and O–H groups in total. The quantitative estimate of drug-likeness (QED) is 0.760. The number of nitrogens with one attached hydrogen (secondary N) is 1. The lowest BCUT2D eigenvalue weighted by Crippen LogP contribution is -2.13. The molecule has 0 aliphatic carbocycles. The largest absolute Gasteiger partial charge is 0.495 e. The maximum absolute atomic E-state index is 13.3. The van der Waals surface area contributed by atoms with Crippen molar-refractivity contribution in [1.82, 2.24) is 9.97 Å². The number of carbonyl (C=O) groups excluding carboxylic acids is 1. The van der Waals surface area contributed by atoms with Crippen LogP contribution in [0.3, 0.4) is 0 Å². The van der Waals surface area contributed by atoms with Crippen molar-refractivity contribution in [2.75, 3.05) is 12.4 Å². The van der Waals surface area contributed by atoms with E-state index in [0.717, 1.165) is 0 Å². The zero-order valence-electron chi connectivity index (χ0n) is 13.2. The number of nitrogens with zero attached hydrogens (tertiary/aromatic N) is 2. The van der Waals surface area contributed by atoms with Gasteiger partial charge in [0.15, 0.2) is 5.82 Å². The van der Waals surface area contributed by atoms with E-state index in [1.807, 2.05) is 0 Å². The van der Waals surface area contributed by atoms with Gasteiger partial charge in [0, 0.05) is 23.0 Å². The predicted octanol–water partition coefficient (Wildman–Crippen LogP) is 4.20. The number of methoxy groups -OCH3 is 1. The van der Waals surface area contributed by atoms with Crippen LogP contribution in [-0.4, -0.2) is 23.0 Å². The summed E-state index contributed by atoms with van der Waals surface area (Å²) < 4.78 is 18.4. The Morgan fingerprint density at radius 2 is 1.92 bits per heavy atom. The third-order valence-electron chi connectivity index (χ3n) is 3.41. The molecule has 3 aromatic rings. The van der Waals surface area contributed by atoms with E-state index in [0.29, 0.717) is 27.8 Å². The van der Waals surface area contributed by atoms with Gasteiger partial charge in [-0.2, -0.15) is 0 Å². The fourth-order valence-electron chi connectivity index (χ4n) is 2.19. The average molecular weight is 358 g/mol. The lowest BCUT2D eigenvalue weighted by Gasteiger charge is -2.10. The van der Waals surface area contributed by atoms with Crippen LogP contribution in [0.25, 0.3) is 11.4 Å². The molecule has 126 valence electrons. The molecular formula is C18H13ClFN3O2. The van der Waals surface area contributed by atoms with Crippen molar-refractivity contribution in [1.29, 1.82) is 0 Å². The highest BCUT2D eigenvalue weighted by Gasteiger charge is 2.12. The molecule has 0 unspecified atom stereocenters. The van der Waals surface area contributed by atoms with E-state index in [1.54, 1.807) is 30.3 Å². The Bertz CT molecular complexity index is 916. The molecule has 0 aliphatic rings. The van der Waals surface area contributed by atoms with Crippen LogP contribution < -0.4 is 10.1 Å². The van der Waals surface area contributed by atoms with Crippen LogP contribution in [0.1, 0.15) is 10.4 Å². The van der Waals surface area contributed by atoms with Crippen molar-refractivity contribution in [3.63, 3.8) is 0 Å². The van der Waals surface area contributed by atoms with Gasteiger partial charge in [0.05, 0.1) is 18.4 Å². The average Bonchev–Trinajstić information content (AvgIpc) is 2.62. The van der Waals surface area contributed by atoms with Crippen LogP contribution in [0.2, 0.25) is 5.02 Å². The van der Waals surface area contributed by atoms with Crippen molar-refractivity contribution in [3.8, 4) is 17.1 Å². The summed E-state index contributed by atoms with van der Waals surface area (Å²) in [6, 6.07) is 10.8. The summed E-state index contributed by atoms with van der Waals surface area (Å²) in [7, 11) is 1.50. The summed E-state index contributed by atoms with van der Waals surface area (Å²) in [5.74, 6) is 0.0220. The van der Waals surface area contributed by atoms with E-state index in [-0.39, 0.29) is 11.4 Å². The van der Waals surface area contributed by atoms with Gasteiger partial charge in [-0.3, -0.25) is 4.79 Å². The fourth-order valence-corrected chi connectivity index (χ4v) is 2.37. The SMILES string of the molecule is COc1ccc(Cl)cc1NC(=O)c1cnc(-c2cccc(F)c2)nc1. The van der Waals surface area contributed by atoms with Crippen molar-refractivity contribution in [2.24, 2.45) is 0 Å². The fraction of sp³-hybridized carbons (Fsp3) is 0.0556. The topological polar surface area (TPSA) is 64.1 Å². The molecule has 0 atom stereocenters. The normalized spacial score (nSPS) is 10.4. The van der Waals surface area contributed by atoms with Crippen molar-refractivity contribution in [2.45, 2.75) is 0 Å². The van der Waals surface area contributed by atoms with Crippen molar-refractivity contribution < 1.29 is 13.9 Å². The Balaban J connectivity index is 1.81. The first kappa shape index (κ1) is 16.9.